The molecule has 2 bridgehead atoms. The average molecular weight is 321 g/mol. The van der Waals surface area contributed by atoms with Crippen LogP contribution in [0.5, 0.6) is 5.75 Å². The number of hydrogen-bond acceptors (Lipinski definition) is 8. The van der Waals surface area contributed by atoms with Crippen molar-refractivity contribution in [3.05, 3.63) is 23.3 Å². The summed E-state index contributed by atoms with van der Waals surface area (Å²) >= 11 is 0. The minimum absolute atomic E-state index is 0.0139. The molecule has 9 heteroatoms. The molecule has 3 aliphatic heterocycles. The summed E-state index contributed by atoms with van der Waals surface area (Å²) in [6.07, 6.45) is -0.379. The van der Waals surface area contributed by atoms with Gasteiger partial charge in [-0.15, -0.1) is 0 Å². The van der Waals surface area contributed by atoms with Gasteiger partial charge in [0.25, 0.3) is 0 Å². The molecule has 3 heterocycles. The third-order valence-corrected chi connectivity index (χ3v) is 4.55. The summed E-state index contributed by atoms with van der Waals surface area (Å²) in [5.41, 5.74) is 6.10. The molecule has 4 atom stereocenters. The number of phenolic OH excluding ortho intramolecular Hbond substituents is 1. The molecular weight excluding hydrogens is 306 g/mol. The Morgan fingerprint density at radius 3 is 3.09 bits per heavy atom. The van der Waals surface area contributed by atoms with Gasteiger partial charge in [-0.2, -0.15) is 0 Å². The van der Waals surface area contributed by atoms with Crippen LogP contribution in [0.2, 0.25) is 0 Å². The van der Waals surface area contributed by atoms with Crippen molar-refractivity contribution in [3.63, 3.8) is 0 Å². The fourth-order valence-corrected chi connectivity index (χ4v) is 3.47. The van der Waals surface area contributed by atoms with Crippen molar-refractivity contribution in [1.29, 1.82) is 0 Å². The van der Waals surface area contributed by atoms with Crippen LogP contribution in [0, 0.1) is 0 Å². The van der Waals surface area contributed by atoms with Gasteiger partial charge in [0.2, 0.25) is 5.79 Å². The number of ether oxygens (including phenoxy) is 1. The first-order valence-corrected chi connectivity index (χ1v) is 7.13. The smallest absolute Gasteiger partial charge is 0.404 e. The van der Waals surface area contributed by atoms with Crippen LogP contribution in [0.1, 0.15) is 21.8 Å². The summed E-state index contributed by atoms with van der Waals surface area (Å²) in [7, 11) is 0. The molecule has 9 nitrogen and oxygen atoms in total. The summed E-state index contributed by atoms with van der Waals surface area (Å²) in [5.74, 6) is -2.69. The van der Waals surface area contributed by atoms with E-state index in [2.05, 4.69) is 5.32 Å². The van der Waals surface area contributed by atoms with E-state index < -0.39 is 17.8 Å². The lowest BCUT2D eigenvalue weighted by Crippen LogP contribution is -2.59. The largest absolute Gasteiger partial charge is 0.508 e. The number of carbonyl (C=O) groups is 2. The number of nitrogens with one attached hydrogen (secondary N) is 1. The van der Waals surface area contributed by atoms with E-state index in [1.165, 1.54) is 11.1 Å². The van der Waals surface area contributed by atoms with Crippen LogP contribution in [0.15, 0.2) is 12.1 Å². The molecule has 0 spiro atoms. The molecule has 2 fully saturated rings. The van der Waals surface area contributed by atoms with Gasteiger partial charge in [-0.05, 0) is 12.1 Å². The molecule has 1 amide bonds. The first-order valence-electron chi connectivity index (χ1n) is 7.13. The predicted molar refractivity (Wildman–Crippen MR) is 75.9 cm³/mol. The van der Waals surface area contributed by atoms with E-state index in [-0.39, 0.29) is 30.0 Å². The molecule has 0 aliphatic carbocycles. The van der Waals surface area contributed by atoms with Crippen LogP contribution in [-0.2, 0) is 9.57 Å². The van der Waals surface area contributed by atoms with Gasteiger partial charge in [0, 0.05) is 17.2 Å². The number of benzene rings is 1. The molecule has 0 aromatic heterocycles. The summed E-state index contributed by atoms with van der Waals surface area (Å²) < 4.78 is 4.85. The van der Waals surface area contributed by atoms with Gasteiger partial charge in [-0.1, -0.05) is 0 Å². The molecule has 4 rings (SSSR count). The zero-order valence-electron chi connectivity index (χ0n) is 11.9. The van der Waals surface area contributed by atoms with Crippen molar-refractivity contribution in [2.45, 2.75) is 23.8 Å². The van der Waals surface area contributed by atoms with Crippen molar-refractivity contribution in [1.82, 2.24) is 5.32 Å². The number of aldehydes is 1. The lowest BCUT2D eigenvalue weighted by molar-refractivity contribution is -0.247. The third-order valence-electron chi connectivity index (χ3n) is 4.55. The number of phenols is 1. The Kier molecular flexibility index (Phi) is 2.83. The number of primary amides is 1. The molecule has 0 unspecified atom stereocenters. The van der Waals surface area contributed by atoms with E-state index >= 15 is 0 Å². The van der Waals surface area contributed by atoms with Gasteiger partial charge in [0.05, 0.1) is 24.2 Å². The lowest BCUT2D eigenvalue weighted by Gasteiger charge is -2.47. The molecule has 1 aromatic carbocycles. The Balaban J connectivity index is 1.84. The van der Waals surface area contributed by atoms with Crippen LogP contribution in [-0.4, -0.2) is 53.6 Å². The molecule has 5 N–H and O–H groups in total. The van der Waals surface area contributed by atoms with Gasteiger partial charge >= 0.3 is 6.09 Å². The molecule has 1 aromatic rings. The van der Waals surface area contributed by atoms with E-state index in [1.807, 2.05) is 0 Å². The molecule has 23 heavy (non-hydrogen) atoms. The van der Waals surface area contributed by atoms with Gasteiger partial charge in [-0.25, -0.2) is 14.7 Å². The molecule has 0 saturated carbocycles. The second-order valence-corrected chi connectivity index (χ2v) is 5.93. The number of aliphatic hydroxyl groups is 1. The molecule has 122 valence electrons. The summed E-state index contributed by atoms with van der Waals surface area (Å²) in [6.45, 7) is 0.205. The zero-order valence-corrected chi connectivity index (χ0v) is 11.9. The van der Waals surface area contributed by atoms with Gasteiger partial charge in [-0.3, -0.25) is 4.79 Å². The number of amides is 1. The number of fused-ring (bicyclic) bond motifs is 6. The second-order valence-electron chi connectivity index (χ2n) is 5.93. The Morgan fingerprint density at radius 2 is 2.39 bits per heavy atom. The number of rotatable bonds is 3. The van der Waals surface area contributed by atoms with Crippen molar-refractivity contribution in [2.24, 2.45) is 5.73 Å². The van der Waals surface area contributed by atoms with E-state index in [4.69, 9.17) is 15.3 Å². The standard InChI is InChI=1S/C14H15N3O6/c15-13(20)22-5-7-11-9(1-6(4-18)2-10(11)19)17-3-8-12(16-8)14(7,21)23-17/h1-2,4,7-8,12,16,19,21H,3,5H2,(H2,15,20)/t7-,8+,12+,14+/m0/s1. The van der Waals surface area contributed by atoms with E-state index in [0.29, 0.717) is 24.1 Å². The van der Waals surface area contributed by atoms with Crippen LogP contribution in [0.3, 0.4) is 0 Å². The Labute approximate surface area is 130 Å². The summed E-state index contributed by atoms with van der Waals surface area (Å²) in [4.78, 5) is 27.6. The normalized spacial score (nSPS) is 33.4. The number of hydrogen-bond donors (Lipinski definition) is 4. The highest BCUT2D eigenvalue weighted by Gasteiger charge is 2.65. The number of hydroxylamine groups is 1. The van der Waals surface area contributed by atoms with Crippen molar-refractivity contribution >= 4 is 18.1 Å². The number of nitrogens with zero attached hydrogens (tertiary/aromatic N) is 1. The van der Waals surface area contributed by atoms with Crippen LogP contribution in [0.25, 0.3) is 0 Å². The second kappa shape index (κ2) is 4.57. The van der Waals surface area contributed by atoms with Crippen LogP contribution in [0.4, 0.5) is 10.5 Å². The maximum atomic E-state index is 11.0. The highest BCUT2D eigenvalue weighted by atomic mass is 16.8. The van der Waals surface area contributed by atoms with Gasteiger partial charge in [0.1, 0.15) is 18.6 Å². The lowest BCUT2D eigenvalue weighted by atomic mass is 9.83. The Morgan fingerprint density at radius 1 is 1.61 bits per heavy atom. The maximum Gasteiger partial charge on any atom is 0.404 e. The van der Waals surface area contributed by atoms with E-state index in [1.54, 1.807) is 6.07 Å². The first-order chi connectivity index (χ1) is 10.9. The maximum absolute atomic E-state index is 11.0. The molecule has 2 saturated heterocycles. The Hall–Kier alpha value is -2.36. The van der Waals surface area contributed by atoms with Crippen molar-refractivity contribution < 1.29 is 29.4 Å². The van der Waals surface area contributed by atoms with Gasteiger partial charge < -0.3 is 26.0 Å². The van der Waals surface area contributed by atoms with E-state index in [0.717, 1.165) is 0 Å². The summed E-state index contributed by atoms with van der Waals surface area (Å²) in [6, 6.07) is 2.53. The predicted octanol–water partition coefficient (Wildman–Crippen LogP) is -0.822. The highest BCUT2D eigenvalue weighted by molar-refractivity contribution is 5.80. The number of anilines is 1. The minimum atomic E-state index is -1.68. The number of carbonyl (C=O) groups excluding carboxylic acids is 2. The van der Waals surface area contributed by atoms with Gasteiger partial charge in [0.15, 0.2) is 0 Å². The molecular formula is C14H15N3O6. The summed E-state index contributed by atoms with van der Waals surface area (Å²) in [5, 5.41) is 25.8. The number of nitrogens with two attached hydrogens (primary N) is 1. The SMILES string of the molecule is NC(=O)OC[C@H]1c2c(O)cc(C=O)cc2N2C[C@H]3N[C@H]3[C@]1(O)O2. The minimum Gasteiger partial charge on any atom is -0.508 e. The first kappa shape index (κ1) is 14.2. The quantitative estimate of drug-likeness (QED) is 0.417. The monoisotopic (exact) mass is 321 g/mol. The fourth-order valence-electron chi connectivity index (χ4n) is 3.47. The van der Waals surface area contributed by atoms with Crippen molar-refractivity contribution in [3.8, 4) is 5.75 Å². The highest BCUT2D eigenvalue weighted by Crippen LogP contribution is 2.53. The molecule has 0 radical (unpaired) electrons. The van der Waals surface area contributed by atoms with Crippen LogP contribution < -0.4 is 16.1 Å². The third kappa shape index (κ3) is 1.97. The van der Waals surface area contributed by atoms with E-state index in [9.17, 15) is 19.8 Å². The fraction of sp³-hybridized carbons (Fsp3) is 0.429. The Bertz CT molecular complexity index is 710. The number of aromatic hydroxyl groups is 1. The average Bonchev–Trinajstić information content (AvgIpc) is 3.27. The topological polar surface area (TPSA) is 144 Å². The molecule has 3 aliphatic rings. The zero-order chi connectivity index (χ0) is 16.4. The van der Waals surface area contributed by atoms with Crippen LogP contribution >= 0.6 is 0 Å². The van der Waals surface area contributed by atoms with Crippen molar-refractivity contribution in [2.75, 3.05) is 18.2 Å².